The van der Waals surface area contributed by atoms with E-state index < -0.39 is 0 Å². The summed E-state index contributed by atoms with van der Waals surface area (Å²) in [6.45, 7) is 3.98. The molecule has 0 N–H and O–H groups in total. The average molecular weight is 262 g/mol. The van der Waals surface area contributed by atoms with Gasteiger partial charge < -0.3 is 0 Å². The third-order valence-corrected chi connectivity index (χ3v) is 6.23. The summed E-state index contributed by atoms with van der Waals surface area (Å²) in [7, 11) is 0. The SMILES string of the molecule is C=C1SC(=O)S[C@@]12CCC(S)=C(S)C2. The summed E-state index contributed by atoms with van der Waals surface area (Å²) in [6.07, 6.45) is 2.66. The molecule has 1 spiro atoms. The van der Waals surface area contributed by atoms with Crippen LogP contribution in [-0.4, -0.2) is 9.19 Å². The quantitative estimate of drug-likeness (QED) is 0.640. The van der Waals surface area contributed by atoms with Crippen molar-refractivity contribution in [3.8, 4) is 0 Å². The average Bonchev–Trinajstić information content (AvgIpc) is 2.36. The first kappa shape index (κ1) is 11.0. The predicted octanol–water partition coefficient (Wildman–Crippen LogP) is 4.09. The predicted molar refractivity (Wildman–Crippen MR) is 71.3 cm³/mol. The third kappa shape index (κ3) is 1.79. The lowest BCUT2D eigenvalue weighted by atomic mass is 9.92. The van der Waals surface area contributed by atoms with Gasteiger partial charge in [0, 0.05) is 4.91 Å². The van der Waals surface area contributed by atoms with Crippen LogP contribution in [-0.2, 0) is 0 Å². The summed E-state index contributed by atoms with van der Waals surface area (Å²) in [4.78, 5) is 14.4. The zero-order valence-corrected chi connectivity index (χ0v) is 10.9. The highest BCUT2D eigenvalue weighted by atomic mass is 32.2. The van der Waals surface area contributed by atoms with Gasteiger partial charge in [0.15, 0.2) is 0 Å². The maximum Gasteiger partial charge on any atom is 0.251 e. The lowest BCUT2D eigenvalue weighted by molar-refractivity contribution is 0.276. The third-order valence-electron chi connectivity index (χ3n) is 2.55. The molecule has 76 valence electrons. The highest BCUT2D eigenvalue weighted by molar-refractivity contribution is 8.43. The van der Waals surface area contributed by atoms with Crippen molar-refractivity contribution in [1.82, 2.24) is 0 Å². The molecule has 1 aliphatic carbocycles. The van der Waals surface area contributed by atoms with Gasteiger partial charge in [0.1, 0.15) is 0 Å². The first-order chi connectivity index (χ1) is 6.53. The maximum atomic E-state index is 11.3. The molecule has 1 aliphatic heterocycles. The largest absolute Gasteiger partial charge is 0.274 e. The van der Waals surface area contributed by atoms with Gasteiger partial charge in [0.2, 0.25) is 0 Å². The molecule has 1 saturated heterocycles. The van der Waals surface area contributed by atoms with Crippen LogP contribution in [0.3, 0.4) is 0 Å². The summed E-state index contributed by atoms with van der Waals surface area (Å²) >= 11 is 11.4. The summed E-state index contributed by atoms with van der Waals surface area (Å²) in [5.41, 5.74) is 0. The number of carbonyl (C=O) groups is 1. The number of rotatable bonds is 0. The summed E-state index contributed by atoms with van der Waals surface area (Å²) in [5, 5.41) is 0. The Morgan fingerprint density at radius 1 is 1.36 bits per heavy atom. The van der Waals surface area contributed by atoms with Crippen molar-refractivity contribution >= 4 is 53.2 Å². The van der Waals surface area contributed by atoms with Crippen molar-refractivity contribution < 1.29 is 4.79 Å². The van der Waals surface area contributed by atoms with E-state index >= 15 is 0 Å². The smallest absolute Gasteiger partial charge is 0.251 e. The van der Waals surface area contributed by atoms with Crippen LogP contribution >= 0.6 is 48.8 Å². The number of thiol groups is 2. The summed E-state index contributed by atoms with van der Waals surface area (Å²) < 4.78 is 0.0733. The molecule has 1 fully saturated rings. The zero-order valence-electron chi connectivity index (χ0n) is 7.45. The Labute approximate surface area is 103 Å². The molecule has 0 aromatic heterocycles. The van der Waals surface area contributed by atoms with Crippen LogP contribution in [0.1, 0.15) is 19.3 Å². The minimum Gasteiger partial charge on any atom is -0.274 e. The van der Waals surface area contributed by atoms with Crippen molar-refractivity contribution in [2.75, 3.05) is 0 Å². The Hall–Kier alpha value is 0.550. The normalized spacial score (nSPS) is 33.3. The first-order valence-electron chi connectivity index (χ1n) is 4.24. The Balaban J connectivity index is 2.28. The number of hydrogen-bond acceptors (Lipinski definition) is 5. The van der Waals surface area contributed by atoms with E-state index in [1.165, 1.54) is 23.5 Å². The molecule has 5 heteroatoms. The molecule has 14 heavy (non-hydrogen) atoms. The molecule has 0 radical (unpaired) electrons. The lowest BCUT2D eigenvalue weighted by Gasteiger charge is -2.32. The van der Waals surface area contributed by atoms with Gasteiger partial charge in [-0.05, 0) is 40.8 Å². The molecular formula is C9H10OS4. The van der Waals surface area contributed by atoms with Crippen molar-refractivity contribution in [3.05, 3.63) is 21.3 Å². The topological polar surface area (TPSA) is 17.1 Å². The number of allylic oxidation sites excluding steroid dienone is 2. The van der Waals surface area contributed by atoms with Crippen LogP contribution in [0.4, 0.5) is 4.79 Å². The Bertz CT molecular complexity index is 347. The number of thioether (sulfide) groups is 2. The van der Waals surface area contributed by atoms with Gasteiger partial charge in [-0.15, -0.1) is 25.3 Å². The second-order valence-electron chi connectivity index (χ2n) is 3.44. The van der Waals surface area contributed by atoms with E-state index in [0.717, 1.165) is 34.0 Å². The lowest BCUT2D eigenvalue weighted by Crippen LogP contribution is -2.26. The van der Waals surface area contributed by atoms with E-state index in [-0.39, 0.29) is 9.19 Å². The molecule has 0 aromatic carbocycles. The fraction of sp³-hybridized carbons (Fsp3) is 0.444. The van der Waals surface area contributed by atoms with E-state index in [4.69, 9.17) is 0 Å². The van der Waals surface area contributed by atoms with Gasteiger partial charge in [0.05, 0.1) is 4.75 Å². The molecule has 2 rings (SSSR count). The summed E-state index contributed by atoms with van der Waals surface area (Å²) in [5.74, 6) is 0. The molecule has 0 amide bonds. The Kier molecular flexibility index (Phi) is 3.04. The van der Waals surface area contributed by atoms with Gasteiger partial charge in [-0.2, -0.15) is 0 Å². The fourth-order valence-electron chi connectivity index (χ4n) is 1.68. The zero-order chi connectivity index (χ0) is 10.3. The molecule has 0 bridgehead atoms. The van der Waals surface area contributed by atoms with Crippen LogP contribution in [0.15, 0.2) is 21.3 Å². The van der Waals surface area contributed by atoms with E-state index in [2.05, 4.69) is 31.8 Å². The second-order valence-corrected chi connectivity index (χ2v) is 7.20. The highest BCUT2D eigenvalue weighted by Crippen LogP contribution is 2.58. The Morgan fingerprint density at radius 3 is 2.57 bits per heavy atom. The van der Waals surface area contributed by atoms with Gasteiger partial charge in [0.25, 0.3) is 4.45 Å². The van der Waals surface area contributed by atoms with Crippen LogP contribution in [0, 0.1) is 0 Å². The molecular weight excluding hydrogens is 252 g/mol. The highest BCUT2D eigenvalue weighted by Gasteiger charge is 2.45. The second kappa shape index (κ2) is 3.85. The van der Waals surface area contributed by atoms with Crippen LogP contribution in [0.2, 0.25) is 0 Å². The van der Waals surface area contributed by atoms with E-state index in [1.54, 1.807) is 0 Å². The van der Waals surface area contributed by atoms with Crippen LogP contribution < -0.4 is 0 Å². The van der Waals surface area contributed by atoms with Gasteiger partial charge in [-0.25, -0.2) is 0 Å². The van der Waals surface area contributed by atoms with E-state index in [0.29, 0.717) is 0 Å². The molecule has 1 atom stereocenters. The molecule has 0 aromatic rings. The van der Waals surface area contributed by atoms with Crippen molar-refractivity contribution in [3.63, 3.8) is 0 Å². The molecule has 2 aliphatic rings. The molecule has 0 saturated carbocycles. The summed E-state index contributed by atoms with van der Waals surface area (Å²) in [6, 6.07) is 0. The first-order valence-corrected chi connectivity index (χ1v) is 6.76. The molecule has 1 nitrogen and oxygen atoms in total. The van der Waals surface area contributed by atoms with Crippen molar-refractivity contribution in [2.45, 2.75) is 24.0 Å². The van der Waals surface area contributed by atoms with Crippen molar-refractivity contribution in [1.29, 1.82) is 0 Å². The number of carbonyl (C=O) groups excluding carboxylic acids is 1. The van der Waals surface area contributed by atoms with E-state index in [9.17, 15) is 4.79 Å². The number of hydrogen-bond donors (Lipinski definition) is 2. The Morgan fingerprint density at radius 2 is 2.07 bits per heavy atom. The van der Waals surface area contributed by atoms with Gasteiger partial charge in [-0.1, -0.05) is 18.3 Å². The van der Waals surface area contributed by atoms with Gasteiger partial charge in [-0.3, -0.25) is 4.79 Å². The van der Waals surface area contributed by atoms with Crippen LogP contribution in [0.5, 0.6) is 0 Å². The maximum absolute atomic E-state index is 11.3. The molecule has 0 unspecified atom stereocenters. The monoisotopic (exact) mass is 262 g/mol. The minimum absolute atomic E-state index is 0.0922. The fourth-order valence-corrected chi connectivity index (χ4v) is 4.97. The van der Waals surface area contributed by atoms with Gasteiger partial charge >= 0.3 is 0 Å². The standard InChI is InChI=1S/C9H10OS4/c1-5-9(14-8(10)13-5)3-2-6(11)7(12)4-9/h11-12H,1-4H2/t9-/m1/s1. The van der Waals surface area contributed by atoms with E-state index in [1.807, 2.05) is 0 Å². The molecule has 1 heterocycles. The minimum atomic E-state index is -0.0922. The van der Waals surface area contributed by atoms with Crippen molar-refractivity contribution in [2.24, 2.45) is 0 Å². The van der Waals surface area contributed by atoms with Crippen LogP contribution in [0.25, 0.3) is 0 Å².